The molecule has 1 amide bonds. The number of para-hydroxylation sites is 1. The number of carbonyl (C=O) groups excluding carboxylic acids is 1. The summed E-state index contributed by atoms with van der Waals surface area (Å²) in [4.78, 5) is 17.4. The molecule has 2 aromatic heterocycles. The number of nitrogens with one attached hydrogen (secondary N) is 1. The molecule has 0 radical (unpaired) electrons. The highest BCUT2D eigenvalue weighted by Gasteiger charge is 2.18. The SMILES string of the molecule is Cc1cc(S[C@H](C)C(=O)Nc2ccnn2C(C)C)nc2c(C)cccc12. The van der Waals surface area contributed by atoms with Gasteiger partial charge in [0.1, 0.15) is 5.82 Å². The van der Waals surface area contributed by atoms with Crippen LogP contribution in [0.2, 0.25) is 0 Å². The number of pyridine rings is 1. The van der Waals surface area contributed by atoms with Gasteiger partial charge in [0, 0.05) is 17.5 Å². The van der Waals surface area contributed by atoms with Crippen LogP contribution in [-0.4, -0.2) is 25.9 Å². The largest absolute Gasteiger partial charge is 0.310 e. The normalized spacial score (nSPS) is 12.5. The van der Waals surface area contributed by atoms with Gasteiger partial charge >= 0.3 is 0 Å². The van der Waals surface area contributed by atoms with Gasteiger partial charge in [0.25, 0.3) is 0 Å². The molecule has 1 aromatic carbocycles. The number of rotatable bonds is 5. The third-order valence-corrected chi connectivity index (χ3v) is 5.32. The maximum atomic E-state index is 12.6. The lowest BCUT2D eigenvalue weighted by Gasteiger charge is -2.15. The molecule has 0 aliphatic heterocycles. The van der Waals surface area contributed by atoms with E-state index >= 15 is 0 Å². The van der Waals surface area contributed by atoms with Crippen LogP contribution in [0, 0.1) is 13.8 Å². The lowest BCUT2D eigenvalue weighted by Crippen LogP contribution is -2.24. The van der Waals surface area contributed by atoms with Crippen molar-refractivity contribution in [3.05, 3.63) is 47.7 Å². The third kappa shape index (κ3) is 3.75. The average molecular weight is 369 g/mol. The highest BCUT2D eigenvalue weighted by atomic mass is 32.2. The standard InChI is InChI=1S/C20H24N4OS/c1-12(2)24-17(9-10-21-24)22-20(25)15(5)26-18-11-14(4)16-8-6-7-13(3)19(16)23-18/h6-12,15H,1-5H3,(H,22,25)/t15-/m1/s1. The minimum Gasteiger partial charge on any atom is -0.310 e. The van der Waals surface area contributed by atoms with Gasteiger partial charge in [-0.1, -0.05) is 30.0 Å². The van der Waals surface area contributed by atoms with Crippen LogP contribution < -0.4 is 5.32 Å². The second kappa shape index (κ2) is 7.50. The predicted octanol–water partition coefficient (Wildman–Crippen LogP) is 4.75. The van der Waals surface area contributed by atoms with E-state index in [0.717, 1.165) is 27.3 Å². The number of aromatic nitrogens is 3. The van der Waals surface area contributed by atoms with Crippen molar-refractivity contribution in [3.63, 3.8) is 0 Å². The van der Waals surface area contributed by atoms with E-state index in [0.29, 0.717) is 0 Å². The van der Waals surface area contributed by atoms with E-state index in [-0.39, 0.29) is 17.2 Å². The van der Waals surface area contributed by atoms with Crippen molar-refractivity contribution in [1.82, 2.24) is 14.8 Å². The van der Waals surface area contributed by atoms with Gasteiger partial charge in [-0.2, -0.15) is 5.10 Å². The maximum absolute atomic E-state index is 12.6. The smallest absolute Gasteiger partial charge is 0.238 e. The molecule has 1 atom stereocenters. The maximum Gasteiger partial charge on any atom is 0.238 e. The van der Waals surface area contributed by atoms with Gasteiger partial charge in [-0.25, -0.2) is 9.67 Å². The summed E-state index contributed by atoms with van der Waals surface area (Å²) in [5.41, 5.74) is 3.32. The number of thioether (sulfide) groups is 1. The summed E-state index contributed by atoms with van der Waals surface area (Å²) in [7, 11) is 0. The fourth-order valence-corrected chi connectivity index (χ4v) is 3.80. The van der Waals surface area contributed by atoms with Crippen molar-refractivity contribution in [2.75, 3.05) is 5.32 Å². The molecule has 0 aliphatic carbocycles. The van der Waals surface area contributed by atoms with Gasteiger partial charge in [0.2, 0.25) is 5.91 Å². The number of carbonyl (C=O) groups is 1. The van der Waals surface area contributed by atoms with E-state index in [9.17, 15) is 4.79 Å². The van der Waals surface area contributed by atoms with Crippen LogP contribution in [0.15, 0.2) is 41.6 Å². The highest BCUT2D eigenvalue weighted by Crippen LogP contribution is 2.28. The van der Waals surface area contributed by atoms with Crippen LogP contribution >= 0.6 is 11.8 Å². The lowest BCUT2D eigenvalue weighted by atomic mass is 10.1. The number of nitrogens with zero attached hydrogens (tertiary/aromatic N) is 3. The Morgan fingerprint density at radius 3 is 2.65 bits per heavy atom. The van der Waals surface area contributed by atoms with E-state index < -0.39 is 0 Å². The van der Waals surface area contributed by atoms with Gasteiger partial charge in [0.05, 0.1) is 22.0 Å². The molecule has 3 aromatic rings. The monoisotopic (exact) mass is 368 g/mol. The Labute approximate surface area is 158 Å². The Kier molecular flexibility index (Phi) is 5.32. The molecular formula is C20H24N4OS. The average Bonchev–Trinajstić information content (AvgIpc) is 3.04. The zero-order valence-corrected chi connectivity index (χ0v) is 16.6. The molecule has 0 saturated heterocycles. The number of hydrogen-bond acceptors (Lipinski definition) is 4. The quantitative estimate of drug-likeness (QED) is 0.660. The molecule has 0 saturated carbocycles. The van der Waals surface area contributed by atoms with E-state index in [4.69, 9.17) is 4.98 Å². The topological polar surface area (TPSA) is 59.8 Å². The van der Waals surface area contributed by atoms with E-state index in [1.807, 2.05) is 32.9 Å². The summed E-state index contributed by atoms with van der Waals surface area (Å²) in [5, 5.41) is 8.98. The number of anilines is 1. The molecular weight excluding hydrogens is 344 g/mol. The van der Waals surface area contributed by atoms with Crippen molar-refractivity contribution in [1.29, 1.82) is 0 Å². The number of hydrogen-bond donors (Lipinski definition) is 1. The lowest BCUT2D eigenvalue weighted by molar-refractivity contribution is -0.115. The molecule has 1 N–H and O–H groups in total. The number of aryl methyl sites for hydroxylation is 2. The molecule has 2 heterocycles. The zero-order valence-electron chi connectivity index (χ0n) is 15.8. The number of fused-ring (bicyclic) bond motifs is 1. The van der Waals surface area contributed by atoms with Crippen LogP contribution in [-0.2, 0) is 4.79 Å². The zero-order chi connectivity index (χ0) is 18.8. The summed E-state index contributed by atoms with van der Waals surface area (Å²) < 4.78 is 1.80. The summed E-state index contributed by atoms with van der Waals surface area (Å²) in [6.07, 6.45) is 1.70. The van der Waals surface area contributed by atoms with Crippen LogP contribution in [0.3, 0.4) is 0 Å². The summed E-state index contributed by atoms with van der Waals surface area (Å²) in [5.74, 6) is 0.665. The van der Waals surface area contributed by atoms with Gasteiger partial charge in [-0.15, -0.1) is 0 Å². The fourth-order valence-electron chi connectivity index (χ4n) is 2.88. The Morgan fingerprint density at radius 1 is 1.15 bits per heavy atom. The molecule has 0 unspecified atom stereocenters. The van der Waals surface area contributed by atoms with Crippen molar-refractivity contribution in [3.8, 4) is 0 Å². The first-order valence-corrected chi connectivity index (χ1v) is 9.62. The third-order valence-electron chi connectivity index (χ3n) is 4.30. The summed E-state index contributed by atoms with van der Waals surface area (Å²) in [6, 6.07) is 10.3. The summed E-state index contributed by atoms with van der Waals surface area (Å²) >= 11 is 1.47. The van der Waals surface area contributed by atoms with Gasteiger partial charge in [0.15, 0.2) is 0 Å². The van der Waals surface area contributed by atoms with Gasteiger partial charge < -0.3 is 5.32 Å². The Hall–Kier alpha value is -2.34. The fraction of sp³-hybridized carbons (Fsp3) is 0.350. The number of amides is 1. The first-order chi connectivity index (χ1) is 12.4. The van der Waals surface area contributed by atoms with Crippen molar-refractivity contribution in [2.24, 2.45) is 0 Å². The minimum atomic E-state index is -0.265. The van der Waals surface area contributed by atoms with Crippen molar-refractivity contribution in [2.45, 2.75) is 50.9 Å². The highest BCUT2D eigenvalue weighted by molar-refractivity contribution is 8.00. The second-order valence-electron chi connectivity index (χ2n) is 6.75. The molecule has 0 aliphatic rings. The van der Waals surface area contributed by atoms with Crippen LogP contribution in [0.5, 0.6) is 0 Å². The first-order valence-electron chi connectivity index (χ1n) is 8.75. The van der Waals surface area contributed by atoms with Crippen molar-refractivity contribution < 1.29 is 4.79 Å². The Bertz CT molecular complexity index is 948. The van der Waals surface area contributed by atoms with E-state index in [1.165, 1.54) is 17.3 Å². The molecule has 3 rings (SSSR count). The molecule has 136 valence electrons. The van der Waals surface area contributed by atoms with Crippen LogP contribution in [0.1, 0.15) is 37.9 Å². The number of benzene rings is 1. The van der Waals surface area contributed by atoms with Gasteiger partial charge in [-0.05, 0) is 51.8 Å². The van der Waals surface area contributed by atoms with E-state index in [2.05, 4.69) is 42.5 Å². The van der Waals surface area contributed by atoms with Gasteiger partial charge in [-0.3, -0.25) is 4.79 Å². The molecule has 5 nitrogen and oxygen atoms in total. The second-order valence-corrected chi connectivity index (χ2v) is 8.11. The predicted molar refractivity (Wildman–Crippen MR) is 108 cm³/mol. The van der Waals surface area contributed by atoms with Crippen LogP contribution in [0.4, 0.5) is 5.82 Å². The molecule has 0 fully saturated rings. The molecule has 0 spiro atoms. The Morgan fingerprint density at radius 2 is 1.92 bits per heavy atom. The Balaban J connectivity index is 1.78. The molecule has 0 bridgehead atoms. The first kappa shape index (κ1) is 18.5. The molecule has 26 heavy (non-hydrogen) atoms. The minimum absolute atomic E-state index is 0.0540. The summed E-state index contributed by atoms with van der Waals surface area (Å²) in [6.45, 7) is 10.1. The van der Waals surface area contributed by atoms with Crippen LogP contribution in [0.25, 0.3) is 10.9 Å². The van der Waals surface area contributed by atoms with Crippen molar-refractivity contribution >= 4 is 34.4 Å². The molecule has 6 heteroatoms. The van der Waals surface area contributed by atoms with E-state index in [1.54, 1.807) is 10.9 Å².